The highest BCUT2D eigenvalue weighted by Crippen LogP contribution is 2.06. The summed E-state index contributed by atoms with van der Waals surface area (Å²) in [4.78, 5) is 7.35. The zero-order valence-electron chi connectivity index (χ0n) is 8.04. The monoisotopic (exact) mass is 198 g/mol. The topological polar surface area (TPSA) is 54.5 Å². The molecule has 2 heterocycles. The second-order valence-electron chi connectivity index (χ2n) is 2.86. The zero-order valence-corrected chi connectivity index (χ0v) is 8.04. The van der Waals surface area contributed by atoms with Crippen LogP contribution in [0.4, 0.5) is 0 Å². The minimum Gasteiger partial charge on any atom is -0.278 e. The van der Waals surface area contributed by atoms with Crippen molar-refractivity contribution in [1.29, 1.82) is 0 Å². The number of para-hydroxylation sites is 1. The Balaban J connectivity index is 0.000000124. The maximum atomic E-state index is 3.88. The van der Waals surface area contributed by atoms with E-state index in [1.165, 1.54) is 6.33 Å². The second-order valence-corrected chi connectivity index (χ2v) is 2.86. The summed E-state index contributed by atoms with van der Waals surface area (Å²) >= 11 is 0. The lowest BCUT2D eigenvalue weighted by molar-refractivity contribution is 1.12. The first-order valence-corrected chi connectivity index (χ1v) is 4.55. The van der Waals surface area contributed by atoms with Gasteiger partial charge in [-0.25, -0.2) is 9.97 Å². The van der Waals surface area contributed by atoms with Crippen LogP contribution in [0.15, 0.2) is 55.2 Å². The summed E-state index contributed by atoms with van der Waals surface area (Å²) in [6, 6.07) is 9.79. The second kappa shape index (κ2) is 4.85. The molecule has 3 aromatic rings. The third kappa shape index (κ3) is 2.60. The zero-order chi connectivity index (χ0) is 10.3. The van der Waals surface area contributed by atoms with Crippen molar-refractivity contribution in [3.8, 4) is 0 Å². The van der Waals surface area contributed by atoms with Gasteiger partial charge in [-0.15, -0.1) is 0 Å². The Hall–Kier alpha value is -2.23. The molecule has 0 unspecified atom stereocenters. The lowest BCUT2D eigenvalue weighted by Gasteiger charge is -1.81. The molecule has 4 heteroatoms. The van der Waals surface area contributed by atoms with Crippen LogP contribution in [0.2, 0.25) is 0 Å². The molecule has 15 heavy (non-hydrogen) atoms. The van der Waals surface area contributed by atoms with Gasteiger partial charge in [-0.3, -0.25) is 5.10 Å². The van der Waals surface area contributed by atoms with E-state index in [1.54, 1.807) is 18.5 Å². The van der Waals surface area contributed by atoms with E-state index in [9.17, 15) is 0 Å². The summed E-state index contributed by atoms with van der Waals surface area (Å²) in [5.41, 5.74) is 1.09. The van der Waals surface area contributed by atoms with Gasteiger partial charge in [-0.1, -0.05) is 18.2 Å². The molecule has 1 N–H and O–H groups in total. The minimum atomic E-state index is 1.09. The van der Waals surface area contributed by atoms with Gasteiger partial charge in [0, 0.05) is 17.8 Å². The highest BCUT2D eigenvalue weighted by Gasteiger charge is 1.88. The Morgan fingerprint density at radius 2 is 1.73 bits per heavy atom. The predicted octanol–water partition coefficient (Wildman–Crippen LogP) is 2.04. The number of aromatic amines is 1. The molecule has 0 saturated heterocycles. The van der Waals surface area contributed by atoms with Crippen LogP contribution in [0, 0.1) is 0 Å². The Kier molecular flexibility index (Phi) is 3.02. The van der Waals surface area contributed by atoms with Gasteiger partial charge < -0.3 is 0 Å². The van der Waals surface area contributed by atoms with Crippen LogP contribution >= 0.6 is 0 Å². The predicted molar refractivity (Wildman–Crippen MR) is 58.1 cm³/mol. The maximum Gasteiger partial charge on any atom is 0.115 e. The molecule has 0 fully saturated rings. The maximum absolute atomic E-state index is 3.88. The molecular formula is C11H10N4. The number of rotatable bonds is 0. The molecule has 0 aliphatic heterocycles. The van der Waals surface area contributed by atoms with Crippen molar-refractivity contribution in [1.82, 2.24) is 20.2 Å². The fourth-order valence-corrected chi connectivity index (χ4v) is 1.14. The van der Waals surface area contributed by atoms with E-state index in [0.717, 1.165) is 10.9 Å². The standard InChI is InChI=1S/C7H6N2.C4H4N2/c1-2-4-7-6(3-1)5-8-9-7;1-2-5-4-6-3-1/h1-5H,(H,8,9);1-4H. The van der Waals surface area contributed by atoms with Gasteiger partial charge in [-0.05, 0) is 12.1 Å². The van der Waals surface area contributed by atoms with Crippen molar-refractivity contribution in [2.75, 3.05) is 0 Å². The first kappa shape index (κ1) is 9.33. The van der Waals surface area contributed by atoms with Gasteiger partial charge in [0.25, 0.3) is 0 Å². The van der Waals surface area contributed by atoms with Gasteiger partial charge in [0.2, 0.25) is 0 Å². The van der Waals surface area contributed by atoms with Gasteiger partial charge >= 0.3 is 0 Å². The number of fused-ring (bicyclic) bond motifs is 1. The van der Waals surface area contributed by atoms with E-state index < -0.39 is 0 Å². The van der Waals surface area contributed by atoms with Crippen LogP contribution in [0.25, 0.3) is 10.9 Å². The molecule has 0 aliphatic rings. The fourth-order valence-electron chi connectivity index (χ4n) is 1.14. The summed E-state index contributed by atoms with van der Waals surface area (Å²) in [5, 5.41) is 7.91. The number of benzene rings is 1. The van der Waals surface area contributed by atoms with E-state index in [-0.39, 0.29) is 0 Å². The van der Waals surface area contributed by atoms with Crippen molar-refractivity contribution in [3.63, 3.8) is 0 Å². The van der Waals surface area contributed by atoms with Crippen LogP contribution in [-0.4, -0.2) is 20.2 Å². The number of hydrogen-bond acceptors (Lipinski definition) is 3. The Bertz CT molecular complexity index is 447. The third-order valence-electron chi connectivity index (χ3n) is 1.83. The molecule has 0 atom stereocenters. The van der Waals surface area contributed by atoms with Gasteiger partial charge in [0.15, 0.2) is 0 Å². The molecule has 0 spiro atoms. The largest absolute Gasteiger partial charge is 0.278 e. The lowest BCUT2D eigenvalue weighted by Crippen LogP contribution is -1.66. The number of nitrogens with one attached hydrogen (secondary N) is 1. The van der Waals surface area contributed by atoms with Crippen LogP contribution in [0.5, 0.6) is 0 Å². The highest BCUT2D eigenvalue weighted by molar-refractivity contribution is 5.77. The van der Waals surface area contributed by atoms with E-state index in [0.29, 0.717) is 0 Å². The number of aromatic nitrogens is 4. The lowest BCUT2D eigenvalue weighted by atomic mass is 10.3. The van der Waals surface area contributed by atoms with Crippen LogP contribution in [0.3, 0.4) is 0 Å². The van der Waals surface area contributed by atoms with Crippen LogP contribution in [-0.2, 0) is 0 Å². The molecule has 0 aliphatic carbocycles. The van der Waals surface area contributed by atoms with Crippen molar-refractivity contribution in [3.05, 3.63) is 55.2 Å². The average molecular weight is 198 g/mol. The summed E-state index contributed by atoms with van der Waals surface area (Å²) in [7, 11) is 0. The Morgan fingerprint density at radius 3 is 2.33 bits per heavy atom. The van der Waals surface area contributed by atoms with E-state index >= 15 is 0 Å². The summed E-state index contributed by atoms with van der Waals surface area (Å²) in [6.07, 6.45) is 6.69. The molecule has 0 bridgehead atoms. The van der Waals surface area contributed by atoms with Crippen LogP contribution < -0.4 is 0 Å². The number of hydrogen-bond donors (Lipinski definition) is 1. The minimum absolute atomic E-state index is 1.09. The molecule has 0 radical (unpaired) electrons. The summed E-state index contributed by atoms with van der Waals surface area (Å²) < 4.78 is 0. The van der Waals surface area contributed by atoms with Crippen molar-refractivity contribution >= 4 is 10.9 Å². The fraction of sp³-hybridized carbons (Fsp3) is 0. The molecule has 3 rings (SSSR count). The first-order chi connectivity index (χ1) is 7.47. The van der Waals surface area contributed by atoms with E-state index in [1.807, 2.05) is 30.5 Å². The molecule has 1 aromatic carbocycles. The molecule has 0 amide bonds. The van der Waals surface area contributed by atoms with Crippen molar-refractivity contribution in [2.45, 2.75) is 0 Å². The normalized spacial score (nSPS) is 9.33. The SMILES string of the molecule is c1ccc2[nH]ncc2c1.c1cncnc1. The quantitative estimate of drug-likeness (QED) is 0.601. The van der Waals surface area contributed by atoms with E-state index in [2.05, 4.69) is 20.2 Å². The number of nitrogens with zero attached hydrogens (tertiary/aromatic N) is 3. The van der Waals surface area contributed by atoms with Gasteiger partial charge in [0.05, 0.1) is 11.7 Å². The van der Waals surface area contributed by atoms with Gasteiger partial charge in [-0.2, -0.15) is 5.10 Å². The first-order valence-electron chi connectivity index (χ1n) is 4.55. The highest BCUT2D eigenvalue weighted by atomic mass is 15.1. The van der Waals surface area contributed by atoms with Crippen molar-refractivity contribution in [2.24, 2.45) is 0 Å². The summed E-state index contributed by atoms with van der Waals surface area (Å²) in [5.74, 6) is 0. The molecule has 4 nitrogen and oxygen atoms in total. The third-order valence-corrected chi connectivity index (χ3v) is 1.83. The molecule has 74 valence electrons. The Labute approximate surface area is 87.0 Å². The Morgan fingerprint density at radius 1 is 0.933 bits per heavy atom. The molecule has 0 saturated carbocycles. The number of H-pyrrole nitrogens is 1. The molecule has 2 aromatic heterocycles. The van der Waals surface area contributed by atoms with Crippen LogP contribution in [0.1, 0.15) is 0 Å². The van der Waals surface area contributed by atoms with E-state index in [4.69, 9.17) is 0 Å². The summed E-state index contributed by atoms with van der Waals surface area (Å²) in [6.45, 7) is 0. The smallest absolute Gasteiger partial charge is 0.115 e. The average Bonchev–Trinajstić information content (AvgIpc) is 2.80. The van der Waals surface area contributed by atoms with Gasteiger partial charge in [0.1, 0.15) is 6.33 Å². The van der Waals surface area contributed by atoms with Crippen molar-refractivity contribution < 1.29 is 0 Å². The molecular weight excluding hydrogens is 188 g/mol.